The molecule has 1 fully saturated rings. The van der Waals surface area contributed by atoms with Crippen molar-refractivity contribution in [1.82, 2.24) is 14.8 Å². The molecule has 1 aliphatic heterocycles. The summed E-state index contributed by atoms with van der Waals surface area (Å²) in [7, 11) is 0. The second kappa shape index (κ2) is 7.24. The van der Waals surface area contributed by atoms with Crippen LogP contribution in [0.4, 0.5) is 0 Å². The number of aromatic nitrogens is 1. The molecule has 6 heteroatoms. The van der Waals surface area contributed by atoms with E-state index in [-0.39, 0.29) is 11.8 Å². The SMILES string of the molecule is O=C(CCCCl)N1CCN(C(=O)c2cccnc2)CC1. The third kappa shape index (κ3) is 3.70. The zero-order chi connectivity index (χ0) is 14.4. The number of carbonyl (C=O) groups is 2. The van der Waals surface area contributed by atoms with Gasteiger partial charge in [0.1, 0.15) is 0 Å². The number of hydrogen-bond acceptors (Lipinski definition) is 3. The molecule has 0 saturated carbocycles. The summed E-state index contributed by atoms with van der Waals surface area (Å²) in [6, 6.07) is 3.51. The molecule has 0 unspecified atom stereocenters. The van der Waals surface area contributed by atoms with Gasteiger partial charge in [0.25, 0.3) is 5.91 Å². The Hall–Kier alpha value is -1.62. The quantitative estimate of drug-likeness (QED) is 0.789. The fourth-order valence-corrected chi connectivity index (χ4v) is 2.34. The van der Waals surface area contributed by atoms with E-state index in [1.807, 2.05) is 0 Å². The van der Waals surface area contributed by atoms with Crippen LogP contribution in [0, 0.1) is 0 Å². The van der Waals surface area contributed by atoms with Crippen molar-refractivity contribution in [1.29, 1.82) is 0 Å². The maximum atomic E-state index is 12.2. The molecule has 2 heterocycles. The van der Waals surface area contributed by atoms with Gasteiger partial charge in [0.05, 0.1) is 5.56 Å². The summed E-state index contributed by atoms with van der Waals surface area (Å²) in [4.78, 5) is 31.6. The Labute approximate surface area is 123 Å². The maximum absolute atomic E-state index is 12.2. The van der Waals surface area contributed by atoms with Crippen LogP contribution in [-0.4, -0.2) is 58.7 Å². The first-order valence-electron chi connectivity index (χ1n) is 6.75. The largest absolute Gasteiger partial charge is 0.339 e. The molecule has 0 radical (unpaired) electrons. The van der Waals surface area contributed by atoms with Crippen LogP contribution in [0.3, 0.4) is 0 Å². The topological polar surface area (TPSA) is 53.5 Å². The molecule has 1 aromatic heterocycles. The Bertz CT molecular complexity index is 459. The second-order valence-electron chi connectivity index (χ2n) is 4.71. The first-order chi connectivity index (χ1) is 9.72. The summed E-state index contributed by atoms with van der Waals surface area (Å²) in [5.41, 5.74) is 0.592. The minimum atomic E-state index is -0.0223. The van der Waals surface area contributed by atoms with E-state index in [1.54, 1.807) is 34.3 Å². The average Bonchev–Trinajstić information content (AvgIpc) is 2.53. The van der Waals surface area contributed by atoms with Gasteiger partial charge >= 0.3 is 0 Å². The lowest BCUT2D eigenvalue weighted by Gasteiger charge is -2.34. The fourth-order valence-electron chi connectivity index (χ4n) is 2.21. The molecular formula is C14H18ClN3O2. The first-order valence-corrected chi connectivity index (χ1v) is 7.29. The van der Waals surface area contributed by atoms with Gasteiger partial charge in [0.15, 0.2) is 0 Å². The van der Waals surface area contributed by atoms with Crippen molar-refractivity contribution in [2.75, 3.05) is 32.1 Å². The minimum absolute atomic E-state index is 0.0223. The van der Waals surface area contributed by atoms with E-state index in [0.29, 0.717) is 50.5 Å². The van der Waals surface area contributed by atoms with Gasteiger partial charge in [-0.25, -0.2) is 0 Å². The van der Waals surface area contributed by atoms with Crippen LogP contribution in [0.2, 0.25) is 0 Å². The molecule has 0 aliphatic carbocycles. The van der Waals surface area contributed by atoms with Crippen LogP contribution >= 0.6 is 11.6 Å². The predicted molar refractivity (Wildman–Crippen MR) is 76.7 cm³/mol. The van der Waals surface area contributed by atoms with Crippen molar-refractivity contribution in [2.45, 2.75) is 12.8 Å². The molecule has 20 heavy (non-hydrogen) atoms. The van der Waals surface area contributed by atoms with Crippen molar-refractivity contribution in [3.05, 3.63) is 30.1 Å². The standard InChI is InChI=1S/C14H18ClN3O2/c15-5-1-4-13(19)17-7-9-18(10-8-17)14(20)12-3-2-6-16-11-12/h2-3,6,11H,1,4-5,7-10H2. The highest BCUT2D eigenvalue weighted by Crippen LogP contribution is 2.09. The third-order valence-corrected chi connectivity index (χ3v) is 3.62. The maximum Gasteiger partial charge on any atom is 0.255 e. The number of halogens is 1. The molecule has 1 aromatic rings. The predicted octanol–water partition coefficient (Wildman–Crippen LogP) is 1.39. The molecular weight excluding hydrogens is 278 g/mol. The minimum Gasteiger partial charge on any atom is -0.339 e. The Balaban J connectivity index is 1.85. The number of pyridine rings is 1. The van der Waals surface area contributed by atoms with Gasteiger partial charge in [0.2, 0.25) is 5.91 Å². The van der Waals surface area contributed by atoms with Crippen molar-refractivity contribution >= 4 is 23.4 Å². The lowest BCUT2D eigenvalue weighted by Crippen LogP contribution is -2.50. The molecule has 0 aromatic carbocycles. The van der Waals surface area contributed by atoms with E-state index >= 15 is 0 Å². The zero-order valence-electron chi connectivity index (χ0n) is 11.3. The van der Waals surface area contributed by atoms with E-state index in [1.165, 1.54) is 0 Å². The third-order valence-electron chi connectivity index (χ3n) is 3.35. The van der Waals surface area contributed by atoms with Crippen LogP contribution in [-0.2, 0) is 4.79 Å². The fraction of sp³-hybridized carbons (Fsp3) is 0.500. The molecule has 1 saturated heterocycles. The van der Waals surface area contributed by atoms with Gasteiger partial charge in [-0.1, -0.05) is 0 Å². The summed E-state index contributed by atoms with van der Waals surface area (Å²) in [5.74, 6) is 0.607. The molecule has 0 N–H and O–H groups in total. The van der Waals surface area contributed by atoms with Crippen LogP contribution in [0.15, 0.2) is 24.5 Å². The Morgan fingerprint density at radius 1 is 1.20 bits per heavy atom. The van der Waals surface area contributed by atoms with Crippen molar-refractivity contribution < 1.29 is 9.59 Å². The molecule has 2 rings (SSSR count). The summed E-state index contributed by atoms with van der Waals surface area (Å²) >= 11 is 5.59. The van der Waals surface area contributed by atoms with E-state index in [4.69, 9.17) is 11.6 Å². The first kappa shape index (κ1) is 14.8. The van der Waals surface area contributed by atoms with E-state index in [0.717, 1.165) is 0 Å². The lowest BCUT2D eigenvalue weighted by molar-refractivity contribution is -0.132. The van der Waals surface area contributed by atoms with Crippen molar-refractivity contribution in [3.8, 4) is 0 Å². The zero-order valence-corrected chi connectivity index (χ0v) is 12.1. The Kier molecular flexibility index (Phi) is 5.35. The van der Waals surface area contributed by atoms with E-state index in [9.17, 15) is 9.59 Å². The van der Waals surface area contributed by atoms with E-state index < -0.39 is 0 Å². The Morgan fingerprint density at radius 3 is 2.50 bits per heavy atom. The Morgan fingerprint density at radius 2 is 1.90 bits per heavy atom. The van der Waals surface area contributed by atoms with Crippen molar-refractivity contribution in [3.63, 3.8) is 0 Å². The monoisotopic (exact) mass is 295 g/mol. The van der Waals surface area contributed by atoms with E-state index in [2.05, 4.69) is 4.98 Å². The molecule has 0 spiro atoms. The number of rotatable bonds is 4. The van der Waals surface area contributed by atoms with Crippen LogP contribution in [0.25, 0.3) is 0 Å². The summed E-state index contributed by atoms with van der Waals surface area (Å²) < 4.78 is 0. The van der Waals surface area contributed by atoms with Gasteiger partial charge in [-0.15, -0.1) is 11.6 Å². The highest BCUT2D eigenvalue weighted by Gasteiger charge is 2.24. The van der Waals surface area contributed by atoms with Gasteiger partial charge in [-0.05, 0) is 18.6 Å². The van der Waals surface area contributed by atoms with Gasteiger partial charge in [-0.3, -0.25) is 14.6 Å². The average molecular weight is 296 g/mol. The smallest absolute Gasteiger partial charge is 0.255 e. The molecule has 1 aliphatic rings. The van der Waals surface area contributed by atoms with Gasteiger partial charge in [-0.2, -0.15) is 0 Å². The molecule has 0 atom stereocenters. The molecule has 5 nitrogen and oxygen atoms in total. The molecule has 0 bridgehead atoms. The van der Waals surface area contributed by atoms with Crippen molar-refractivity contribution in [2.24, 2.45) is 0 Å². The van der Waals surface area contributed by atoms with Crippen LogP contribution < -0.4 is 0 Å². The number of hydrogen-bond donors (Lipinski definition) is 0. The number of nitrogens with zero attached hydrogens (tertiary/aromatic N) is 3. The van der Waals surface area contributed by atoms with Gasteiger partial charge in [0, 0.05) is 50.9 Å². The molecule has 2 amide bonds. The van der Waals surface area contributed by atoms with Crippen LogP contribution in [0.1, 0.15) is 23.2 Å². The lowest BCUT2D eigenvalue weighted by atomic mass is 10.2. The summed E-state index contributed by atoms with van der Waals surface area (Å²) in [5, 5.41) is 0. The number of alkyl halides is 1. The highest BCUT2D eigenvalue weighted by molar-refractivity contribution is 6.17. The molecule has 108 valence electrons. The van der Waals surface area contributed by atoms with Crippen LogP contribution in [0.5, 0.6) is 0 Å². The second-order valence-corrected chi connectivity index (χ2v) is 5.09. The highest BCUT2D eigenvalue weighted by atomic mass is 35.5. The summed E-state index contributed by atoms with van der Waals surface area (Å²) in [6.07, 6.45) is 4.40. The normalized spacial score (nSPS) is 15.2. The summed E-state index contributed by atoms with van der Waals surface area (Å²) in [6.45, 7) is 2.32. The van der Waals surface area contributed by atoms with Gasteiger partial charge < -0.3 is 9.80 Å². The number of carbonyl (C=O) groups excluding carboxylic acids is 2. The number of amides is 2. The number of piperazine rings is 1.